The lowest BCUT2D eigenvalue weighted by molar-refractivity contribution is -0.121. The molecule has 0 unspecified atom stereocenters. The van der Waals surface area contributed by atoms with Crippen molar-refractivity contribution in [2.45, 2.75) is 19.4 Å². The first-order chi connectivity index (χ1) is 9.84. The number of hydrogen-bond donors (Lipinski definition) is 1. The summed E-state index contributed by atoms with van der Waals surface area (Å²) in [6.07, 6.45) is 4.63. The zero-order valence-electron chi connectivity index (χ0n) is 11.3. The zero-order chi connectivity index (χ0) is 14.0. The Morgan fingerprint density at radius 2 is 2.00 bits per heavy atom. The van der Waals surface area contributed by atoms with Crippen molar-refractivity contribution in [3.8, 4) is 5.75 Å². The van der Waals surface area contributed by atoms with Gasteiger partial charge in [0.05, 0.1) is 6.61 Å². The van der Waals surface area contributed by atoms with Gasteiger partial charge in [-0.25, -0.2) is 0 Å². The van der Waals surface area contributed by atoms with Crippen LogP contribution in [-0.2, 0) is 11.3 Å². The third-order valence-electron chi connectivity index (χ3n) is 2.77. The van der Waals surface area contributed by atoms with Gasteiger partial charge < -0.3 is 10.1 Å². The van der Waals surface area contributed by atoms with E-state index in [9.17, 15) is 4.79 Å². The lowest BCUT2D eigenvalue weighted by Crippen LogP contribution is -2.23. The fourth-order valence-electron chi connectivity index (χ4n) is 1.73. The second kappa shape index (κ2) is 7.94. The highest BCUT2D eigenvalue weighted by Crippen LogP contribution is 2.08. The molecule has 0 aliphatic rings. The van der Waals surface area contributed by atoms with E-state index in [0.717, 1.165) is 11.3 Å². The maximum absolute atomic E-state index is 11.6. The van der Waals surface area contributed by atoms with Crippen LogP contribution in [0.25, 0.3) is 0 Å². The number of nitrogens with one attached hydrogen (secondary N) is 1. The molecule has 4 nitrogen and oxygen atoms in total. The molecule has 2 aromatic rings. The Hall–Kier alpha value is -2.36. The molecule has 1 N–H and O–H groups in total. The summed E-state index contributed by atoms with van der Waals surface area (Å²) in [5.41, 5.74) is 1.00. The number of nitrogens with zero attached hydrogens (tertiary/aromatic N) is 1. The smallest absolute Gasteiger partial charge is 0.220 e. The number of carbonyl (C=O) groups is 1. The summed E-state index contributed by atoms with van der Waals surface area (Å²) < 4.78 is 5.53. The predicted molar refractivity (Wildman–Crippen MR) is 77.3 cm³/mol. The maximum Gasteiger partial charge on any atom is 0.220 e. The van der Waals surface area contributed by atoms with Gasteiger partial charge in [-0.2, -0.15) is 0 Å². The Labute approximate surface area is 118 Å². The fraction of sp³-hybridized carbons (Fsp3) is 0.250. The van der Waals surface area contributed by atoms with Crippen LogP contribution in [0.1, 0.15) is 18.4 Å². The molecule has 0 aliphatic heterocycles. The maximum atomic E-state index is 11.6. The first kappa shape index (κ1) is 14.1. The first-order valence-corrected chi connectivity index (χ1v) is 6.68. The first-order valence-electron chi connectivity index (χ1n) is 6.68. The average molecular weight is 270 g/mol. The van der Waals surface area contributed by atoms with Gasteiger partial charge in [-0.15, -0.1) is 0 Å². The number of carbonyl (C=O) groups excluding carboxylic acids is 1. The van der Waals surface area contributed by atoms with Crippen LogP contribution >= 0.6 is 0 Å². The molecular weight excluding hydrogens is 252 g/mol. The lowest BCUT2D eigenvalue weighted by Gasteiger charge is -2.07. The van der Waals surface area contributed by atoms with Crippen LogP contribution in [0.4, 0.5) is 0 Å². The number of hydrogen-bond acceptors (Lipinski definition) is 3. The Kier molecular flexibility index (Phi) is 5.58. The van der Waals surface area contributed by atoms with E-state index in [2.05, 4.69) is 10.3 Å². The van der Waals surface area contributed by atoms with Crippen molar-refractivity contribution in [3.05, 3.63) is 60.4 Å². The largest absolute Gasteiger partial charge is 0.494 e. The van der Waals surface area contributed by atoms with E-state index in [4.69, 9.17) is 4.74 Å². The SMILES string of the molecule is O=C(CCCOc1ccccc1)NCc1cccnc1. The topological polar surface area (TPSA) is 51.2 Å². The Morgan fingerprint density at radius 3 is 2.75 bits per heavy atom. The molecule has 0 saturated carbocycles. The molecule has 0 atom stereocenters. The third-order valence-corrected chi connectivity index (χ3v) is 2.77. The van der Waals surface area contributed by atoms with Gasteiger partial charge in [0.2, 0.25) is 5.91 Å². The van der Waals surface area contributed by atoms with Crippen molar-refractivity contribution < 1.29 is 9.53 Å². The van der Waals surface area contributed by atoms with Crippen molar-refractivity contribution in [2.24, 2.45) is 0 Å². The van der Waals surface area contributed by atoms with E-state index >= 15 is 0 Å². The van der Waals surface area contributed by atoms with Gasteiger partial charge in [0.1, 0.15) is 5.75 Å². The minimum Gasteiger partial charge on any atom is -0.494 e. The summed E-state index contributed by atoms with van der Waals surface area (Å²) in [6.45, 7) is 1.07. The molecule has 1 amide bonds. The molecule has 0 bridgehead atoms. The minimum atomic E-state index is 0.0329. The van der Waals surface area contributed by atoms with E-state index < -0.39 is 0 Å². The summed E-state index contributed by atoms with van der Waals surface area (Å²) in [5, 5.41) is 2.86. The summed E-state index contributed by atoms with van der Waals surface area (Å²) in [6, 6.07) is 13.4. The van der Waals surface area contributed by atoms with E-state index in [1.807, 2.05) is 42.5 Å². The van der Waals surface area contributed by atoms with Gasteiger partial charge in [-0.3, -0.25) is 9.78 Å². The molecule has 1 heterocycles. The normalized spacial score (nSPS) is 10.0. The van der Waals surface area contributed by atoms with Crippen LogP contribution in [0.3, 0.4) is 0 Å². The van der Waals surface area contributed by atoms with E-state index in [-0.39, 0.29) is 5.91 Å². The average Bonchev–Trinajstić information content (AvgIpc) is 2.52. The summed E-state index contributed by atoms with van der Waals surface area (Å²) >= 11 is 0. The van der Waals surface area contributed by atoms with Gasteiger partial charge in [0, 0.05) is 25.4 Å². The molecule has 104 valence electrons. The molecule has 0 spiro atoms. The summed E-state index contributed by atoms with van der Waals surface area (Å²) in [7, 11) is 0. The number of aromatic nitrogens is 1. The van der Waals surface area contributed by atoms with Gasteiger partial charge in [0.25, 0.3) is 0 Å². The van der Waals surface area contributed by atoms with Crippen LogP contribution in [-0.4, -0.2) is 17.5 Å². The van der Waals surface area contributed by atoms with Crippen LogP contribution in [0.5, 0.6) is 5.75 Å². The fourth-order valence-corrected chi connectivity index (χ4v) is 1.73. The Bertz CT molecular complexity index is 515. The molecule has 1 aromatic heterocycles. The van der Waals surface area contributed by atoms with Crippen LogP contribution < -0.4 is 10.1 Å². The highest BCUT2D eigenvalue weighted by atomic mass is 16.5. The molecule has 0 aliphatic carbocycles. The standard InChI is InChI=1S/C16H18N2O2/c19-16(18-13-14-6-4-10-17-12-14)9-5-11-20-15-7-2-1-3-8-15/h1-4,6-8,10,12H,5,9,11,13H2,(H,18,19). The Morgan fingerprint density at radius 1 is 1.15 bits per heavy atom. The zero-order valence-corrected chi connectivity index (χ0v) is 11.3. The molecule has 1 aromatic carbocycles. The van der Waals surface area contributed by atoms with Gasteiger partial charge >= 0.3 is 0 Å². The monoisotopic (exact) mass is 270 g/mol. The van der Waals surface area contributed by atoms with Gasteiger partial charge in [-0.1, -0.05) is 24.3 Å². The van der Waals surface area contributed by atoms with Crippen molar-refractivity contribution in [2.75, 3.05) is 6.61 Å². The summed E-state index contributed by atoms with van der Waals surface area (Å²) in [4.78, 5) is 15.6. The number of rotatable bonds is 7. The van der Waals surface area contributed by atoms with Crippen LogP contribution in [0.15, 0.2) is 54.9 Å². The molecular formula is C16H18N2O2. The molecule has 0 radical (unpaired) electrons. The quantitative estimate of drug-likeness (QED) is 0.787. The van der Waals surface area contributed by atoms with Crippen LogP contribution in [0, 0.1) is 0 Å². The number of benzene rings is 1. The molecule has 0 fully saturated rings. The van der Waals surface area contributed by atoms with Gasteiger partial charge in [0.15, 0.2) is 0 Å². The number of para-hydroxylation sites is 1. The van der Waals surface area contributed by atoms with E-state index in [1.165, 1.54) is 0 Å². The van der Waals surface area contributed by atoms with Crippen molar-refractivity contribution in [3.63, 3.8) is 0 Å². The summed E-state index contributed by atoms with van der Waals surface area (Å²) in [5.74, 6) is 0.869. The number of amides is 1. The molecule has 4 heteroatoms. The van der Waals surface area contributed by atoms with E-state index in [0.29, 0.717) is 26.0 Å². The minimum absolute atomic E-state index is 0.0329. The van der Waals surface area contributed by atoms with Crippen molar-refractivity contribution in [1.82, 2.24) is 10.3 Å². The molecule has 20 heavy (non-hydrogen) atoms. The van der Waals surface area contributed by atoms with Crippen molar-refractivity contribution >= 4 is 5.91 Å². The second-order valence-electron chi connectivity index (χ2n) is 4.40. The van der Waals surface area contributed by atoms with Crippen LogP contribution in [0.2, 0.25) is 0 Å². The lowest BCUT2D eigenvalue weighted by atomic mass is 10.2. The highest BCUT2D eigenvalue weighted by molar-refractivity contribution is 5.75. The second-order valence-corrected chi connectivity index (χ2v) is 4.40. The number of pyridine rings is 1. The van der Waals surface area contributed by atoms with E-state index in [1.54, 1.807) is 12.4 Å². The Balaban J connectivity index is 1.59. The van der Waals surface area contributed by atoms with Crippen molar-refractivity contribution in [1.29, 1.82) is 0 Å². The third kappa shape index (κ3) is 5.10. The molecule has 2 rings (SSSR count). The predicted octanol–water partition coefficient (Wildman–Crippen LogP) is 2.56. The molecule has 0 saturated heterocycles. The van der Waals surface area contributed by atoms with Gasteiger partial charge in [-0.05, 0) is 30.2 Å². The highest BCUT2D eigenvalue weighted by Gasteiger charge is 2.01. The number of ether oxygens (including phenoxy) is 1.